The highest BCUT2D eigenvalue weighted by atomic mass is 16.5. The first-order chi connectivity index (χ1) is 7.20. The summed E-state index contributed by atoms with van der Waals surface area (Å²) in [4.78, 5) is 23.4. The zero-order valence-corrected chi connectivity index (χ0v) is 9.62. The summed E-state index contributed by atoms with van der Waals surface area (Å²) in [5, 5.41) is 0. The smallest absolute Gasteiger partial charge is 0.316 e. The highest BCUT2D eigenvalue weighted by Crippen LogP contribution is 2.33. The fourth-order valence-electron chi connectivity index (χ4n) is 2.41. The molecule has 0 N–H and O–H groups in total. The van der Waals surface area contributed by atoms with Crippen LogP contribution in [0, 0.1) is 11.8 Å². The fraction of sp³-hybridized carbons (Fsp3) is 0.833. The molecule has 1 fully saturated rings. The van der Waals surface area contributed by atoms with E-state index < -0.39 is 5.92 Å². The molecule has 0 amide bonds. The fourth-order valence-corrected chi connectivity index (χ4v) is 2.41. The van der Waals surface area contributed by atoms with Crippen LogP contribution in [0.15, 0.2) is 0 Å². The van der Waals surface area contributed by atoms with Gasteiger partial charge in [-0.15, -0.1) is 0 Å². The summed E-state index contributed by atoms with van der Waals surface area (Å²) in [6.07, 6.45) is 5.56. The van der Waals surface area contributed by atoms with Crippen molar-refractivity contribution in [3.8, 4) is 0 Å². The summed E-state index contributed by atoms with van der Waals surface area (Å²) in [7, 11) is 1.36. The van der Waals surface area contributed by atoms with Gasteiger partial charge in [0.2, 0.25) is 0 Å². The highest BCUT2D eigenvalue weighted by Gasteiger charge is 2.36. The first-order valence-electron chi connectivity index (χ1n) is 5.81. The van der Waals surface area contributed by atoms with Gasteiger partial charge in [0.05, 0.1) is 7.11 Å². The largest absolute Gasteiger partial charge is 0.468 e. The second-order valence-electron chi connectivity index (χ2n) is 4.26. The molecular formula is C12H20O3. The second kappa shape index (κ2) is 5.89. The Kier molecular flexibility index (Phi) is 4.79. The van der Waals surface area contributed by atoms with Crippen molar-refractivity contribution in [3.63, 3.8) is 0 Å². The molecule has 0 spiro atoms. The predicted molar refractivity (Wildman–Crippen MR) is 57.4 cm³/mol. The maximum atomic E-state index is 11.8. The maximum absolute atomic E-state index is 11.8. The monoisotopic (exact) mass is 212 g/mol. The van der Waals surface area contributed by atoms with E-state index in [9.17, 15) is 9.59 Å². The van der Waals surface area contributed by atoms with Crippen molar-refractivity contribution in [2.75, 3.05) is 7.11 Å². The Bertz CT molecular complexity index is 229. The molecule has 1 atom stereocenters. The van der Waals surface area contributed by atoms with Crippen LogP contribution in [0.4, 0.5) is 0 Å². The van der Waals surface area contributed by atoms with Gasteiger partial charge in [-0.2, -0.15) is 0 Å². The maximum Gasteiger partial charge on any atom is 0.316 e. The molecule has 0 saturated heterocycles. The van der Waals surface area contributed by atoms with Crippen molar-refractivity contribution in [3.05, 3.63) is 0 Å². The van der Waals surface area contributed by atoms with E-state index in [4.69, 9.17) is 4.74 Å². The third-order valence-electron chi connectivity index (χ3n) is 3.17. The van der Waals surface area contributed by atoms with Crippen LogP contribution in [0.2, 0.25) is 0 Å². The summed E-state index contributed by atoms with van der Waals surface area (Å²) >= 11 is 0. The molecule has 0 aromatic heterocycles. The van der Waals surface area contributed by atoms with Crippen LogP contribution in [0.25, 0.3) is 0 Å². The number of hydrogen-bond donors (Lipinski definition) is 0. The lowest BCUT2D eigenvalue weighted by atomic mass is 9.86. The number of ketones is 1. The van der Waals surface area contributed by atoms with Crippen molar-refractivity contribution < 1.29 is 14.3 Å². The Morgan fingerprint density at radius 3 is 2.40 bits per heavy atom. The molecule has 1 aliphatic rings. The van der Waals surface area contributed by atoms with Crippen LogP contribution in [0.1, 0.15) is 45.4 Å². The highest BCUT2D eigenvalue weighted by molar-refractivity contribution is 5.99. The van der Waals surface area contributed by atoms with Crippen molar-refractivity contribution >= 4 is 11.8 Å². The summed E-state index contributed by atoms with van der Waals surface area (Å²) < 4.78 is 4.73. The van der Waals surface area contributed by atoms with E-state index >= 15 is 0 Å². The minimum absolute atomic E-state index is 0.0660. The Hall–Kier alpha value is -0.860. The molecule has 0 heterocycles. The van der Waals surface area contributed by atoms with Gasteiger partial charge in [-0.25, -0.2) is 0 Å². The average Bonchev–Trinajstić information content (AvgIpc) is 2.71. The van der Waals surface area contributed by atoms with Gasteiger partial charge in [-0.1, -0.05) is 19.8 Å². The number of rotatable bonds is 5. The summed E-state index contributed by atoms with van der Waals surface area (Å²) in [6.45, 7) is 1.96. The van der Waals surface area contributed by atoms with E-state index in [0.717, 1.165) is 32.1 Å². The molecule has 0 radical (unpaired) electrons. The number of carbonyl (C=O) groups is 2. The molecule has 3 nitrogen and oxygen atoms in total. The number of hydrogen-bond acceptors (Lipinski definition) is 3. The summed E-state index contributed by atoms with van der Waals surface area (Å²) in [5.41, 5.74) is 0. The average molecular weight is 212 g/mol. The molecule has 1 rings (SSSR count). The minimum atomic E-state index is -0.488. The Balaban J connectivity index is 2.67. The van der Waals surface area contributed by atoms with Crippen LogP contribution in [-0.4, -0.2) is 18.9 Å². The lowest BCUT2D eigenvalue weighted by Crippen LogP contribution is -2.31. The van der Waals surface area contributed by atoms with E-state index in [2.05, 4.69) is 0 Å². The molecule has 1 aliphatic carbocycles. The molecule has 3 heteroatoms. The van der Waals surface area contributed by atoms with E-state index in [0.29, 0.717) is 6.42 Å². The van der Waals surface area contributed by atoms with Gasteiger partial charge in [-0.3, -0.25) is 9.59 Å². The predicted octanol–water partition coefficient (Wildman–Crippen LogP) is 2.33. The van der Waals surface area contributed by atoms with Gasteiger partial charge in [0.25, 0.3) is 0 Å². The molecule has 0 aliphatic heterocycles. The standard InChI is InChI=1S/C12H20O3/c1-3-6-10(13)11(12(14)15-2)9-7-4-5-8-9/h9,11H,3-8H2,1-2H3. The number of carbonyl (C=O) groups excluding carboxylic acids is 2. The van der Waals surface area contributed by atoms with Crippen LogP contribution in [0.5, 0.6) is 0 Å². The molecule has 1 unspecified atom stereocenters. The van der Waals surface area contributed by atoms with Gasteiger partial charge in [0.1, 0.15) is 11.7 Å². The molecule has 0 aromatic carbocycles. The van der Waals surface area contributed by atoms with Gasteiger partial charge < -0.3 is 4.74 Å². The third kappa shape index (κ3) is 3.05. The molecule has 86 valence electrons. The molecule has 0 bridgehead atoms. The normalized spacial score (nSPS) is 18.8. The van der Waals surface area contributed by atoms with E-state index in [1.165, 1.54) is 7.11 Å². The van der Waals surface area contributed by atoms with Crippen molar-refractivity contribution in [2.24, 2.45) is 11.8 Å². The van der Waals surface area contributed by atoms with Crippen LogP contribution < -0.4 is 0 Å². The van der Waals surface area contributed by atoms with Crippen LogP contribution in [0.3, 0.4) is 0 Å². The van der Waals surface area contributed by atoms with Crippen LogP contribution >= 0.6 is 0 Å². The Morgan fingerprint density at radius 2 is 1.93 bits per heavy atom. The van der Waals surface area contributed by atoms with E-state index in [-0.39, 0.29) is 17.7 Å². The SMILES string of the molecule is CCCC(=O)C(C(=O)OC)C1CCCC1. The summed E-state index contributed by atoms with van der Waals surface area (Å²) in [5.74, 6) is -0.523. The second-order valence-corrected chi connectivity index (χ2v) is 4.26. The molecule has 15 heavy (non-hydrogen) atoms. The van der Waals surface area contributed by atoms with Crippen LogP contribution in [-0.2, 0) is 14.3 Å². The minimum Gasteiger partial charge on any atom is -0.468 e. The molecular weight excluding hydrogens is 192 g/mol. The number of esters is 1. The number of methoxy groups -OCH3 is 1. The van der Waals surface area contributed by atoms with E-state index in [1.807, 2.05) is 6.92 Å². The molecule has 0 aromatic rings. The molecule has 1 saturated carbocycles. The quantitative estimate of drug-likeness (QED) is 0.519. The van der Waals surface area contributed by atoms with Gasteiger partial charge in [-0.05, 0) is 25.2 Å². The first-order valence-corrected chi connectivity index (χ1v) is 5.81. The van der Waals surface area contributed by atoms with Gasteiger partial charge >= 0.3 is 5.97 Å². The zero-order chi connectivity index (χ0) is 11.3. The first kappa shape index (κ1) is 12.2. The van der Waals surface area contributed by atoms with Gasteiger partial charge in [0, 0.05) is 6.42 Å². The van der Waals surface area contributed by atoms with Gasteiger partial charge in [0.15, 0.2) is 0 Å². The lowest BCUT2D eigenvalue weighted by molar-refractivity contribution is -0.151. The summed E-state index contributed by atoms with van der Waals surface area (Å²) in [6, 6.07) is 0. The third-order valence-corrected chi connectivity index (χ3v) is 3.17. The Labute approximate surface area is 91.2 Å². The van der Waals surface area contributed by atoms with E-state index in [1.54, 1.807) is 0 Å². The Morgan fingerprint density at radius 1 is 1.33 bits per heavy atom. The van der Waals surface area contributed by atoms with Crippen molar-refractivity contribution in [1.82, 2.24) is 0 Å². The lowest BCUT2D eigenvalue weighted by Gasteiger charge is -2.19. The number of ether oxygens (including phenoxy) is 1. The van der Waals surface area contributed by atoms with Crippen molar-refractivity contribution in [1.29, 1.82) is 0 Å². The zero-order valence-electron chi connectivity index (χ0n) is 9.62. The topological polar surface area (TPSA) is 43.4 Å². The van der Waals surface area contributed by atoms with Crippen molar-refractivity contribution in [2.45, 2.75) is 45.4 Å². The number of Topliss-reactive ketones (excluding diaryl/α,β-unsaturated/α-hetero) is 1.